The largest absolute Gasteiger partial charge is 0.396 e. The lowest BCUT2D eigenvalue weighted by Gasteiger charge is -2.03. The zero-order chi connectivity index (χ0) is 8.81. The molecule has 0 radical (unpaired) electrons. The average molecular weight is 168 g/mol. The number of aliphatic hydroxyl groups is 1. The van der Waals surface area contributed by atoms with Gasteiger partial charge in [-0.2, -0.15) is 0 Å². The molecular formula is C8H12N2O2. The van der Waals surface area contributed by atoms with Crippen molar-refractivity contribution < 1.29 is 9.84 Å². The van der Waals surface area contributed by atoms with Crippen molar-refractivity contribution in [1.29, 1.82) is 0 Å². The molecule has 1 heterocycles. The number of hydrogen-bond donors (Lipinski definition) is 1. The van der Waals surface area contributed by atoms with Gasteiger partial charge >= 0.3 is 0 Å². The second kappa shape index (κ2) is 4.79. The Morgan fingerprint density at radius 2 is 2.00 bits per heavy atom. The minimum atomic E-state index is 0.0927. The van der Waals surface area contributed by atoms with Gasteiger partial charge < -0.3 is 9.84 Å². The fraction of sp³-hybridized carbons (Fsp3) is 0.500. The van der Waals surface area contributed by atoms with E-state index in [9.17, 15) is 0 Å². The average Bonchev–Trinajstić information content (AvgIpc) is 2.09. The summed E-state index contributed by atoms with van der Waals surface area (Å²) in [6.07, 6.45) is 3.77. The third-order valence-corrected chi connectivity index (χ3v) is 1.49. The second-order valence-electron chi connectivity index (χ2n) is 2.36. The first-order valence-electron chi connectivity index (χ1n) is 3.77. The van der Waals surface area contributed by atoms with Crippen LogP contribution in [0.5, 0.6) is 0 Å². The normalized spacial score (nSPS) is 10.2. The highest BCUT2D eigenvalue weighted by atomic mass is 16.5. The zero-order valence-electron chi connectivity index (χ0n) is 7.03. The van der Waals surface area contributed by atoms with Crippen LogP contribution in [0.1, 0.15) is 11.4 Å². The summed E-state index contributed by atoms with van der Waals surface area (Å²) in [6, 6.07) is 0. The van der Waals surface area contributed by atoms with Crippen LogP contribution in [0.15, 0.2) is 12.4 Å². The summed E-state index contributed by atoms with van der Waals surface area (Å²) in [4.78, 5) is 8.17. The van der Waals surface area contributed by atoms with Gasteiger partial charge in [0.25, 0.3) is 0 Å². The van der Waals surface area contributed by atoms with E-state index in [1.807, 2.05) is 0 Å². The fourth-order valence-corrected chi connectivity index (χ4v) is 0.968. The number of aliphatic hydroxyl groups excluding tert-OH is 1. The SMILES string of the molecule is COCc1nccnc1CCO. The summed E-state index contributed by atoms with van der Waals surface area (Å²) in [5.41, 5.74) is 1.61. The molecule has 0 fully saturated rings. The van der Waals surface area contributed by atoms with E-state index in [0.29, 0.717) is 13.0 Å². The van der Waals surface area contributed by atoms with E-state index in [4.69, 9.17) is 9.84 Å². The number of ether oxygens (including phenoxy) is 1. The predicted molar refractivity (Wildman–Crippen MR) is 43.5 cm³/mol. The monoisotopic (exact) mass is 168 g/mol. The number of methoxy groups -OCH3 is 1. The van der Waals surface area contributed by atoms with Crippen molar-refractivity contribution in [1.82, 2.24) is 9.97 Å². The van der Waals surface area contributed by atoms with Crippen LogP contribution in [-0.4, -0.2) is 28.8 Å². The van der Waals surface area contributed by atoms with Gasteiger partial charge in [0.05, 0.1) is 18.0 Å². The molecule has 66 valence electrons. The molecule has 0 unspecified atom stereocenters. The molecule has 4 nitrogen and oxygen atoms in total. The van der Waals surface area contributed by atoms with Gasteiger partial charge in [0.1, 0.15) is 0 Å². The van der Waals surface area contributed by atoms with Gasteiger partial charge in [-0.25, -0.2) is 0 Å². The maximum absolute atomic E-state index is 8.70. The first-order chi connectivity index (χ1) is 5.88. The van der Waals surface area contributed by atoms with Crippen molar-refractivity contribution in [2.45, 2.75) is 13.0 Å². The number of aromatic nitrogens is 2. The second-order valence-corrected chi connectivity index (χ2v) is 2.36. The van der Waals surface area contributed by atoms with Gasteiger partial charge in [-0.1, -0.05) is 0 Å². The Morgan fingerprint density at radius 3 is 2.58 bits per heavy atom. The third kappa shape index (κ3) is 2.25. The molecule has 12 heavy (non-hydrogen) atoms. The smallest absolute Gasteiger partial charge is 0.0902 e. The highest BCUT2D eigenvalue weighted by molar-refractivity contribution is 5.09. The predicted octanol–water partition coefficient (Wildman–Crippen LogP) is 0.158. The van der Waals surface area contributed by atoms with Crippen molar-refractivity contribution in [2.75, 3.05) is 13.7 Å². The summed E-state index contributed by atoms with van der Waals surface area (Å²) in [7, 11) is 1.61. The van der Waals surface area contributed by atoms with Gasteiger partial charge in [0.15, 0.2) is 0 Å². The van der Waals surface area contributed by atoms with Crippen molar-refractivity contribution in [3.63, 3.8) is 0 Å². The van der Waals surface area contributed by atoms with Crippen LogP contribution in [0.4, 0.5) is 0 Å². The van der Waals surface area contributed by atoms with Crippen LogP contribution in [-0.2, 0) is 17.8 Å². The van der Waals surface area contributed by atoms with Gasteiger partial charge in [-0.3, -0.25) is 9.97 Å². The molecule has 0 aromatic carbocycles. The van der Waals surface area contributed by atoms with E-state index in [0.717, 1.165) is 11.4 Å². The highest BCUT2D eigenvalue weighted by Gasteiger charge is 2.02. The molecule has 1 aromatic rings. The number of rotatable bonds is 4. The van der Waals surface area contributed by atoms with E-state index in [1.54, 1.807) is 19.5 Å². The minimum absolute atomic E-state index is 0.0927. The van der Waals surface area contributed by atoms with Crippen molar-refractivity contribution in [3.05, 3.63) is 23.8 Å². The van der Waals surface area contributed by atoms with E-state index >= 15 is 0 Å². The molecule has 0 amide bonds. The Hall–Kier alpha value is -1.00. The number of nitrogens with zero attached hydrogens (tertiary/aromatic N) is 2. The van der Waals surface area contributed by atoms with Crippen molar-refractivity contribution in [3.8, 4) is 0 Å². The lowest BCUT2D eigenvalue weighted by molar-refractivity contribution is 0.179. The van der Waals surface area contributed by atoms with E-state index in [-0.39, 0.29) is 6.61 Å². The first kappa shape index (κ1) is 9.09. The molecule has 0 aliphatic carbocycles. The standard InChI is InChI=1S/C8H12N2O2/c1-12-6-8-7(2-5-11)9-3-4-10-8/h3-4,11H,2,5-6H2,1H3. The van der Waals surface area contributed by atoms with E-state index in [1.165, 1.54) is 0 Å². The van der Waals surface area contributed by atoms with Crippen LogP contribution in [0.3, 0.4) is 0 Å². The number of hydrogen-bond acceptors (Lipinski definition) is 4. The van der Waals surface area contributed by atoms with Gasteiger partial charge in [0, 0.05) is 32.5 Å². The molecule has 1 aromatic heterocycles. The van der Waals surface area contributed by atoms with E-state index in [2.05, 4.69) is 9.97 Å². The molecule has 1 N–H and O–H groups in total. The van der Waals surface area contributed by atoms with Gasteiger partial charge in [0.2, 0.25) is 0 Å². The maximum atomic E-state index is 8.70. The first-order valence-corrected chi connectivity index (χ1v) is 3.77. The van der Waals surface area contributed by atoms with Crippen LogP contribution >= 0.6 is 0 Å². The highest BCUT2D eigenvalue weighted by Crippen LogP contribution is 2.02. The summed E-state index contributed by atoms with van der Waals surface area (Å²) >= 11 is 0. The van der Waals surface area contributed by atoms with Crippen molar-refractivity contribution in [2.24, 2.45) is 0 Å². The van der Waals surface area contributed by atoms with Crippen LogP contribution in [0, 0.1) is 0 Å². The third-order valence-electron chi connectivity index (χ3n) is 1.49. The van der Waals surface area contributed by atoms with Crippen LogP contribution < -0.4 is 0 Å². The van der Waals surface area contributed by atoms with Crippen LogP contribution in [0.2, 0.25) is 0 Å². The molecule has 0 spiro atoms. The Bertz CT molecular complexity index is 215. The van der Waals surface area contributed by atoms with Gasteiger partial charge in [-0.05, 0) is 0 Å². The molecule has 4 heteroatoms. The summed E-state index contributed by atoms with van der Waals surface area (Å²) < 4.78 is 4.93. The topological polar surface area (TPSA) is 55.2 Å². The molecule has 0 atom stereocenters. The fourth-order valence-electron chi connectivity index (χ4n) is 0.968. The Balaban J connectivity index is 2.77. The molecule has 0 saturated heterocycles. The summed E-state index contributed by atoms with van der Waals surface area (Å²) in [6.45, 7) is 0.540. The molecule has 0 aliphatic rings. The quantitative estimate of drug-likeness (QED) is 0.695. The Kier molecular flexibility index (Phi) is 3.63. The molecule has 0 aliphatic heterocycles. The molecule has 0 saturated carbocycles. The van der Waals surface area contributed by atoms with Gasteiger partial charge in [-0.15, -0.1) is 0 Å². The summed E-state index contributed by atoms with van der Waals surface area (Å²) in [5, 5.41) is 8.70. The Labute approximate surface area is 71.2 Å². The molecule has 1 rings (SSSR count). The summed E-state index contributed by atoms with van der Waals surface area (Å²) in [5.74, 6) is 0. The molecular weight excluding hydrogens is 156 g/mol. The van der Waals surface area contributed by atoms with Crippen LogP contribution in [0.25, 0.3) is 0 Å². The maximum Gasteiger partial charge on any atom is 0.0902 e. The van der Waals surface area contributed by atoms with Crippen molar-refractivity contribution >= 4 is 0 Å². The molecule has 0 bridgehead atoms. The lowest BCUT2D eigenvalue weighted by atomic mass is 10.2. The zero-order valence-corrected chi connectivity index (χ0v) is 7.03. The minimum Gasteiger partial charge on any atom is -0.396 e. The van der Waals surface area contributed by atoms with E-state index < -0.39 is 0 Å². The lowest BCUT2D eigenvalue weighted by Crippen LogP contribution is -2.03. The Morgan fingerprint density at radius 1 is 1.33 bits per heavy atom.